The lowest BCUT2D eigenvalue weighted by Gasteiger charge is -2.19. The minimum absolute atomic E-state index is 0.245. The molecule has 0 aromatic carbocycles. The second-order valence-electron chi connectivity index (χ2n) is 3.01. The van der Waals surface area contributed by atoms with E-state index < -0.39 is 37.3 Å². The molecule has 0 rings (SSSR count). The number of ketones is 1. The fourth-order valence-corrected chi connectivity index (χ4v) is 0.602. The van der Waals surface area contributed by atoms with Crippen molar-refractivity contribution in [2.24, 2.45) is 0 Å². The summed E-state index contributed by atoms with van der Waals surface area (Å²) in [5, 5.41) is 43.1. The topological polar surface area (TPSA) is 145 Å². The van der Waals surface area contributed by atoms with Crippen LogP contribution in [0.2, 0.25) is 0 Å². The van der Waals surface area contributed by atoms with Crippen LogP contribution in [0.15, 0.2) is 0 Å². The van der Waals surface area contributed by atoms with Crippen LogP contribution in [0.5, 0.6) is 0 Å². The Morgan fingerprint density at radius 1 is 1.18 bits per heavy atom. The molecule has 0 amide bonds. The lowest BCUT2D eigenvalue weighted by molar-refractivity contribution is -0.142. The number of hydrogen-bond acceptors (Lipinski definition) is 8. The minimum atomic E-state index is -1.86. The summed E-state index contributed by atoms with van der Waals surface area (Å²) in [4.78, 5) is 20.1. The average Bonchev–Trinajstić information content (AvgIpc) is 2.35. The van der Waals surface area contributed by atoms with Crippen LogP contribution in [-0.2, 0) is 14.3 Å². The van der Waals surface area contributed by atoms with Gasteiger partial charge in [0, 0.05) is 6.92 Å². The summed E-state index contributed by atoms with van der Waals surface area (Å²) >= 11 is 0. The Balaban J connectivity index is 0. The third-order valence-electron chi connectivity index (χ3n) is 1.68. The van der Waals surface area contributed by atoms with E-state index in [0.717, 1.165) is 0 Å². The van der Waals surface area contributed by atoms with Crippen molar-refractivity contribution in [2.45, 2.75) is 25.2 Å². The third-order valence-corrected chi connectivity index (χ3v) is 1.68. The standard InChI is InChI=1S/C6H12O6.C3H6O2/c7-1-3(9)5(11)6(12)4(10)2-8;1-3(4)5-2/h3,5-9,11-12H,1-2H2;1-2H3/t3-,5+,6+;/m1./s1. The number of esters is 1. The molecule has 0 bridgehead atoms. The summed E-state index contributed by atoms with van der Waals surface area (Å²) in [7, 11) is 1.35. The zero-order valence-electron chi connectivity index (χ0n) is 9.61. The molecule has 0 saturated heterocycles. The van der Waals surface area contributed by atoms with E-state index in [2.05, 4.69) is 4.74 Å². The Morgan fingerprint density at radius 3 is 1.82 bits per heavy atom. The van der Waals surface area contributed by atoms with Gasteiger partial charge in [-0.3, -0.25) is 9.59 Å². The summed E-state index contributed by atoms with van der Waals surface area (Å²) in [6.45, 7) is -0.326. The molecule has 3 atom stereocenters. The van der Waals surface area contributed by atoms with Crippen molar-refractivity contribution >= 4 is 11.8 Å². The van der Waals surface area contributed by atoms with E-state index in [1.807, 2.05) is 0 Å². The van der Waals surface area contributed by atoms with E-state index in [0.29, 0.717) is 0 Å². The van der Waals surface area contributed by atoms with Crippen LogP contribution in [-0.4, -0.2) is 75.9 Å². The molecule has 0 spiro atoms. The molecular weight excluding hydrogens is 236 g/mol. The van der Waals surface area contributed by atoms with Crippen LogP contribution >= 0.6 is 0 Å². The zero-order valence-corrected chi connectivity index (χ0v) is 9.61. The van der Waals surface area contributed by atoms with Gasteiger partial charge in [-0.1, -0.05) is 0 Å². The minimum Gasteiger partial charge on any atom is -0.469 e. The predicted molar refractivity (Wildman–Crippen MR) is 54.9 cm³/mol. The maximum atomic E-state index is 10.5. The van der Waals surface area contributed by atoms with Gasteiger partial charge in [0.05, 0.1) is 13.7 Å². The van der Waals surface area contributed by atoms with Gasteiger partial charge in [0.2, 0.25) is 0 Å². The third kappa shape index (κ3) is 8.72. The Labute approximate surface area is 98.1 Å². The van der Waals surface area contributed by atoms with E-state index in [9.17, 15) is 9.59 Å². The van der Waals surface area contributed by atoms with Crippen LogP contribution < -0.4 is 0 Å². The highest BCUT2D eigenvalue weighted by Crippen LogP contribution is 2.00. The molecule has 8 nitrogen and oxygen atoms in total. The first-order valence-electron chi connectivity index (χ1n) is 4.64. The van der Waals surface area contributed by atoms with Crippen LogP contribution in [0.25, 0.3) is 0 Å². The molecule has 17 heavy (non-hydrogen) atoms. The van der Waals surface area contributed by atoms with Crippen molar-refractivity contribution in [2.75, 3.05) is 20.3 Å². The SMILES string of the molecule is COC(C)=O.O=C(CO)[C@H](O)[C@@H](O)[C@H](O)CO. The summed E-state index contributed by atoms with van der Waals surface area (Å²) in [5.74, 6) is -1.25. The van der Waals surface area contributed by atoms with E-state index in [4.69, 9.17) is 25.5 Å². The number of carbonyl (C=O) groups is 2. The predicted octanol–water partition coefficient (Wildman–Crippen LogP) is -3.20. The Bertz CT molecular complexity index is 229. The van der Waals surface area contributed by atoms with E-state index >= 15 is 0 Å². The Morgan fingerprint density at radius 2 is 1.59 bits per heavy atom. The first-order valence-corrected chi connectivity index (χ1v) is 4.64. The quantitative estimate of drug-likeness (QED) is 0.323. The highest BCUT2D eigenvalue weighted by atomic mass is 16.5. The maximum Gasteiger partial charge on any atom is 0.302 e. The van der Waals surface area contributed by atoms with E-state index in [1.165, 1.54) is 14.0 Å². The zero-order chi connectivity index (χ0) is 14.0. The van der Waals surface area contributed by atoms with Crippen molar-refractivity contribution in [3.8, 4) is 0 Å². The molecule has 0 aliphatic heterocycles. The molecule has 0 aliphatic carbocycles. The van der Waals surface area contributed by atoms with Gasteiger partial charge >= 0.3 is 5.97 Å². The van der Waals surface area contributed by atoms with Gasteiger partial charge in [0.25, 0.3) is 0 Å². The number of Topliss-reactive ketones (excluding diaryl/α,β-unsaturated/α-hetero) is 1. The molecule has 5 N–H and O–H groups in total. The molecule has 8 heteroatoms. The molecule has 102 valence electrons. The van der Waals surface area contributed by atoms with Crippen molar-refractivity contribution in [3.63, 3.8) is 0 Å². The van der Waals surface area contributed by atoms with Gasteiger partial charge in [-0.2, -0.15) is 0 Å². The second kappa shape index (κ2) is 10.1. The number of hydrogen-bond donors (Lipinski definition) is 5. The highest BCUT2D eigenvalue weighted by molar-refractivity contribution is 5.84. The van der Waals surface area contributed by atoms with Crippen molar-refractivity contribution in [3.05, 3.63) is 0 Å². The van der Waals surface area contributed by atoms with E-state index in [-0.39, 0.29) is 5.97 Å². The van der Waals surface area contributed by atoms with Crippen molar-refractivity contribution in [1.29, 1.82) is 0 Å². The summed E-state index contributed by atoms with van der Waals surface area (Å²) in [5.41, 5.74) is 0. The highest BCUT2D eigenvalue weighted by Gasteiger charge is 2.28. The lowest BCUT2D eigenvalue weighted by Crippen LogP contribution is -2.44. The second-order valence-corrected chi connectivity index (χ2v) is 3.01. The molecule has 0 aliphatic rings. The molecule has 0 heterocycles. The molecule has 0 unspecified atom stereocenters. The Hall–Kier alpha value is -1.06. The number of aliphatic hydroxyl groups excluding tert-OH is 5. The summed E-state index contributed by atoms with van der Waals surface area (Å²) in [6.07, 6.45) is -5.22. The van der Waals surface area contributed by atoms with Crippen LogP contribution in [0, 0.1) is 0 Å². The number of methoxy groups -OCH3 is 1. The summed E-state index contributed by atoms with van der Waals surface area (Å²) in [6, 6.07) is 0. The number of ether oxygens (including phenoxy) is 1. The van der Waals surface area contributed by atoms with Crippen LogP contribution in [0.3, 0.4) is 0 Å². The maximum absolute atomic E-state index is 10.5. The van der Waals surface area contributed by atoms with Gasteiger partial charge in [-0.15, -0.1) is 0 Å². The molecule has 0 aromatic rings. The number of aliphatic hydroxyl groups is 5. The normalized spacial score (nSPS) is 15.0. The molecule has 0 saturated carbocycles. The lowest BCUT2D eigenvalue weighted by atomic mass is 10.1. The molecule has 0 fully saturated rings. The largest absolute Gasteiger partial charge is 0.469 e. The average molecular weight is 254 g/mol. The van der Waals surface area contributed by atoms with Crippen molar-refractivity contribution < 1.29 is 39.9 Å². The van der Waals surface area contributed by atoms with Gasteiger partial charge < -0.3 is 30.3 Å². The molecular formula is C9H18O8. The smallest absolute Gasteiger partial charge is 0.302 e. The molecule has 0 radical (unpaired) electrons. The first-order chi connectivity index (χ1) is 7.81. The molecule has 0 aromatic heterocycles. The van der Waals surface area contributed by atoms with Crippen molar-refractivity contribution in [1.82, 2.24) is 0 Å². The summed E-state index contributed by atoms with van der Waals surface area (Å²) < 4.78 is 4.11. The van der Waals surface area contributed by atoms with Crippen LogP contribution in [0.1, 0.15) is 6.92 Å². The van der Waals surface area contributed by atoms with Crippen LogP contribution in [0.4, 0.5) is 0 Å². The van der Waals surface area contributed by atoms with E-state index in [1.54, 1.807) is 0 Å². The number of rotatable bonds is 5. The van der Waals surface area contributed by atoms with Gasteiger partial charge in [-0.25, -0.2) is 0 Å². The van der Waals surface area contributed by atoms with Gasteiger partial charge in [0.15, 0.2) is 5.78 Å². The monoisotopic (exact) mass is 254 g/mol. The fraction of sp³-hybridized carbons (Fsp3) is 0.778. The number of carbonyl (C=O) groups excluding carboxylic acids is 2. The first kappa shape index (κ1) is 18.3. The van der Waals surface area contributed by atoms with Gasteiger partial charge in [-0.05, 0) is 0 Å². The van der Waals surface area contributed by atoms with Gasteiger partial charge in [0.1, 0.15) is 24.9 Å². The fourth-order valence-electron chi connectivity index (χ4n) is 0.602. The Kier molecular flexibility index (Phi) is 10.9.